The van der Waals surface area contributed by atoms with E-state index >= 15 is 0 Å². The van der Waals surface area contributed by atoms with Gasteiger partial charge in [0.2, 0.25) is 0 Å². The first-order valence-corrected chi connectivity index (χ1v) is 18.1. The molecule has 0 aliphatic heterocycles. The van der Waals surface area contributed by atoms with Crippen LogP contribution in [0.5, 0.6) is 17.2 Å². The molecule has 0 saturated carbocycles. The average Bonchev–Trinajstić information content (AvgIpc) is 2.87. The molecule has 0 aromatic heterocycles. The van der Waals surface area contributed by atoms with Crippen LogP contribution in [-0.4, -0.2) is 18.3 Å². The third-order valence-electron chi connectivity index (χ3n) is 5.22. The van der Waals surface area contributed by atoms with Crippen LogP contribution in [0.2, 0.25) is 0 Å². The van der Waals surface area contributed by atoms with Crippen LogP contribution in [0.15, 0.2) is 77.3 Å². The summed E-state index contributed by atoms with van der Waals surface area (Å²) in [7, 11) is -7.82. The Hall–Kier alpha value is -2.01. The van der Waals surface area contributed by atoms with Gasteiger partial charge in [-0.05, 0) is 0 Å². The predicted molar refractivity (Wildman–Crippen MR) is 173 cm³/mol. The van der Waals surface area contributed by atoms with E-state index in [2.05, 4.69) is 4.86 Å². The Bertz CT molecular complexity index is 1240. The minimum atomic E-state index is -3.76. The van der Waals surface area contributed by atoms with Gasteiger partial charge in [-0.3, -0.25) is 0 Å². The van der Waals surface area contributed by atoms with Crippen LogP contribution in [0.3, 0.4) is 0 Å². The van der Waals surface area contributed by atoms with E-state index in [9.17, 15) is 0 Å². The van der Waals surface area contributed by atoms with Gasteiger partial charge in [0.05, 0.1) is 0 Å². The maximum atomic E-state index is 6.67. The Kier molecular flexibility index (Phi) is 13.1. The van der Waals surface area contributed by atoms with Gasteiger partial charge in [0.1, 0.15) is 0 Å². The minimum absolute atomic E-state index is 0.135. The fourth-order valence-electron chi connectivity index (χ4n) is 3.41. The van der Waals surface area contributed by atoms with E-state index in [1.54, 1.807) is 0 Å². The molecular formula is C30H45N2O6P3. The van der Waals surface area contributed by atoms with Crippen LogP contribution in [-0.2, 0) is 13.6 Å². The first kappa shape index (κ1) is 33.5. The summed E-state index contributed by atoms with van der Waals surface area (Å²) in [4.78, 5) is 3.47. The van der Waals surface area contributed by atoms with E-state index < -0.39 is 24.7 Å². The van der Waals surface area contributed by atoms with Gasteiger partial charge >= 0.3 is 249 Å². The predicted octanol–water partition coefficient (Wildman–Crippen LogP) is 9.88. The van der Waals surface area contributed by atoms with Gasteiger partial charge in [-0.1, -0.05) is 0 Å². The number of hydrogen-bond donors (Lipinski definition) is 1. The van der Waals surface area contributed by atoms with Crippen molar-refractivity contribution in [1.29, 1.82) is 0 Å². The number of aryl methyl sites for hydroxylation is 3. The summed E-state index contributed by atoms with van der Waals surface area (Å²) < 4.78 is 43.5. The van der Waals surface area contributed by atoms with Crippen molar-refractivity contribution in [3.8, 4) is 17.2 Å². The van der Waals surface area contributed by atoms with Crippen molar-refractivity contribution in [2.24, 2.45) is 4.52 Å². The molecule has 0 heterocycles. The molecule has 1 N–H and O–H groups in total. The van der Waals surface area contributed by atoms with Crippen molar-refractivity contribution in [1.82, 2.24) is 4.86 Å². The van der Waals surface area contributed by atoms with E-state index in [1.165, 1.54) is 0 Å². The first-order valence-electron chi connectivity index (χ1n) is 13.9. The van der Waals surface area contributed by atoms with Gasteiger partial charge in [0.25, 0.3) is 0 Å². The summed E-state index contributed by atoms with van der Waals surface area (Å²) in [6.07, 6.45) is -0.509. The van der Waals surface area contributed by atoms with Crippen molar-refractivity contribution in [3.63, 3.8) is 0 Å². The normalized spacial score (nSPS) is 14.0. The Labute approximate surface area is 248 Å². The molecule has 0 spiro atoms. The fraction of sp³-hybridized carbons (Fsp3) is 0.400. The quantitative estimate of drug-likeness (QED) is 0.169. The molecule has 0 fully saturated rings. The molecule has 2 atom stereocenters. The van der Waals surface area contributed by atoms with Crippen molar-refractivity contribution >= 4 is 24.7 Å². The Morgan fingerprint density at radius 2 is 1.15 bits per heavy atom. The van der Waals surface area contributed by atoms with Crippen LogP contribution in [0.1, 0.15) is 58.2 Å². The Morgan fingerprint density at radius 3 is 1.61 bits per heavy atom. The third kappa shape index (κ3) is 12.0. The van der Waals surface area contributed by atoms with E-state index in [0.29, 0.717) is 17.2 Å². The Balaban J connectivity index is 2.11. The second-order valence-electron chi connectivity index (χ2n) is 10.6. The van der Waals surface area contributed by atoms with Gasteiger partial charge in [0, 0.05) is 0 Å². The zero-order chi connectivity index (χ0) is 30.0. The molecule has 41 heavy (non-hydrogen) atoms. The standard InChI is InChI=1S/C30H45N2O6P3/c1-22(2)33-39(35-28-16-10-25(7)11-17-28)31-41(37-24(5)6,38-30-20-14-27(9)15-21-30)32-40(34-23(3)4)36-29-18-12-26(8)13-19-29/h10-24,31,40-41H,1-9H3. The van der Waals surface area contributed by atoms with E-state index in [1.807, 2.05) is 135 Å². The summed E-state index contributed by atoms with van der Waals surface area (Å²) in [6, 6.07) is 23.4. The van der Waals surface area contributed by atoms with E-state index in [-0.39, 0.29) is 18.3 Å². The van der Waals surface area contributed by atoms with Crippen molar-refractivity contribution in [2.75, 3.05) is 0 Å². The zero-order valence-corrected chi connectivity index (χ0v) is 28.4. The summed E-state index contributed by atoms with van der Waals surface area (Å²) in [6.45, 7) is 17.8. The molecule has 0 saturated heterocycles. The van der Waals surface area contributed by atoms with Crippen LogP contribution < -0.4 is 18.4 Å². The van der Waals surface area contributed by atoms with Crippen LogP contribution in [0.25, 0.3) is 0 Å². The molecule has 2 unspecified atom stereocenters. The van der Waals surface area contributed by atoms with Gasteiger partial charge in [-0.2, -0.15) is 0 Å². The molecular weight excluding hydrogens is 577 g/mol. The van der Waals surface area contributed by atoms with E-state index in [0.717, 1.165) is 16.7 Å². The second-order valence-corrected chi connectivity index (χ2v) is 15.8. The van der Waals surface area contributed by atoms with E-state index in [4.69, 9.17) is 31.7 Å². The molecule has 3 aromatic rings. The number of benzene rings is 3. The third-order valence-corrected chi connectivity index (χ3v) is 12.4. The maximum absolute atomic E-state index is 6.67. The van der Waals surface area contributed by atoms with Crippen molar-refractivity contribution < 1.29 is 27.1 Å². The molecule has 0 aliphatic carbocycles. The summed E-state index contributed by atoms with van der Waals surface area (Å²) in [5.41, 5.74) is 3.38. The van der Waals surface area contributed by atoms with Gasteiger partial charge in [-0.25, -0.2) is 0 Å². The number of rotatable bonds is 15. The van der Waals surface area contributed by atoms with Crippen LogP contribution in [0, 0.1) is 20.8 Å². The molecule has 0 radical (unpaired) electrons. The SMILES string of the molecule is Cc1ccc(OP(N[PH](N=[PH](Oc2ccc(C)cc2)OC(C)C)(Oc2ccc(C)cc2)OC(C)C)OC(C)C)cc1. The van der Waals surface area contributed by atoms with Gasteiger partial charge < -0.3 is 0 Å². The molecule has 11 heteroatoms. The molecule has 8 nitrogen and oxygen atoms in total. The van der Waals surface area contributed by atoms with Crippen LogP contribution in [0.4, 0.5) is 0 Å². The van der Waals surface area contributed by atoms with Crippen molar-refractivity contribution in [2.45, 2.75) is 80.6 Å². The molecule has 0 aliphatic rings. The van der Waals surface area contributed by atoms with Gasteiger partial charge in [0.15, 0.2) is 0 Å². The number of nitrogens with one attached hydrogen (secondary N) is 1. The Morgan fingerprint density at radius 1 is 0.659 bits per heavy atom. The number of hydrogen-bond acceptors (Lipinski definition) is 8. The molecule has 0 bridgehead atoms. The molecule has 226 valence electrons. The van der Waals surface area contributed by atoms with Crippen molar-refractivity contribution in [3.05, 3.63) is 89.5 Å². The zero-order valence-electron chi connectivity index (χ0n) is 25.5. The molecule has 0 amide bonds. The molecule has 3 aromatic carbocycles. The number of nitrogens with zero attached hydrogens (tertiary/aromatic N) is 1. The first-order chi connectivity index (χ1) is 19.4. The topological polar surface area (TPSA) is 79.8 Å². The molecule has 3 rings (SSSR count). The summed E-state index contributed by atoms with van der Waals surface area (Å²) in [5.74, 6) is 1.93. The summed E-state index contributed by atoms with van der Waals surface area (Å²) in [5, 5.41) is 0. The van der Waals surface area contributed by atoms with Crippen LogP contribution >= 0.6 is 24.7 Å². The monoisotopic (exact) mass is 622 g/mol. The average molecular weight is 623 g/mol. The van der Waals surface area contributed by atoms with Gasteiger partial charge in [-0.15, -0.1) is 0 Å². The second kappa shape index (κ2) is 16.0. The fourth-order valence-corrected chi connectivity index (χ4v) is 10.2. The summed E-state index contributed by atoms with van der Waals surface area (Å²) >= 11 is 0.